The zero-order valence-corrected chi connectivity index (χ0v) is 11.5. The van der Waals surface area contributed by atoms with Gasteiger partial charge in [-0.05, 0) is 25.3 Å². The van der Waals surface area contributed by atoms with E-state index >= 15 is 0 Å². The van der Waals surface area contributed by atoms with Crippen LogP contribution in [-0.4, -0.2) is 34.4 Å². The Labute approximate surface area is 111 Å². The van der Waals surface area contributed by atoms with Gasteiger partial charge in [0, 0.05) is 23.9 Å². The zero-order chi connectivity index (χ0) is 13.5. The van der Waals surface area contributed by atoms with Gasteiger partial charge in [0.05, 0.1) is 6.42 Å². The Morgan fingerprint density at radius 1 is 1.61 bits per heavy atom. The average molecular weight is 269 g/mol. The second kappa shape index (κ2) is 7.00. The van der Waals surface area contributed by atoms with E-state index in [1.165, 1.54) is 0 Å². The van der Waals surface area contributed by atoms with E-state index in [9.17, 15) is 4.79 Å². The lowest BCUT2D eigenvalue weighted by Gasteiger charge is -2.26. The average Bonchev–Trinajstić information content (AvgIpc) is 2.81. The van der Waals surface area contributed by atoms with Gasteiger partial charge in [0.2, 0.25) is 5.91 Å². The maximum Gasteiger partial charge on any atom is 0.228 e. The van der Waals surface area contributed by atoms with Crippen LogP contribution < -0.4 is 5.73 Å². The van der Waals surface area contributed by atoms with Gasteiger partial charge in [-0.1, -0.05) is 11.2 Å². The summed E-state index contributed by atoms with van der Waals surface area (Å²) in [4.78, 5) is 14.9. The minimum absolute atomic E-state index is 0.0678. The van der Waals surface area contributed by atoms with E-state index in [2.05, 4.69) is 5.16 Å². The topological polar surface area (TPSA) is 78.9 Å². The van der Waals surface area contributed by atoms with Crippen LogP contribution in [0.2, 0.25) is 0 Å². The molecule has 0 radical (unpaired) electrons. The molecule has 0 aliphatic heterocycles. The Hall–Kier alpha value is -1.56. The quantitative estimate of drug-likeness (QED) is 0.357. The number of amidine groups is 1. The Morgan fingerprint density at radius 3 is 2.83 bits per heavy atom. The Kier molecular flexibility index (Phi) is 5.64. The van der Waals surface area contributed by atoms with E-state index in [4.69, 9.17) is 10.9 Å². The van der Waals surface area contributed by atoms with Crippen LogP contribution in [0.5, 0.6) is 0 Å². The second-order valence-electron chi connectivity index (χ2n) is 4.28. The molecule has 0 atom stereocenters. The van der Waals surface area contributed by atoms with Crippen LogP contribution in [0.15, 0.2) is 22.7 Å². The molecule has 1 heterocycles. The molecule has 0 aliphatic rings. The molecular weight excluding hydrogens is 250 g/mol. The van der Waals surface area contributed by atoms with E-state index in [0.717, 1.165) is 4.88 Å². The first-order chi connectivity index (χ1) is 8.54. The lowest BCUT2D eigenvalue weighted by atomic mass is 10.2. The molecule has 0 spiro atoms. The molecule has 18 heavy (non-hydrogen) atoms. The normalized spacial score (nSPS) is 11.8. The summed E-state index contributed by atoms with van der Waals surface area (Å²) in [6, 6.07) is 3.98. The Bertz CT molecular complexity index is 401. The summed E-state index contributed by atoms with van der Waals surface area (Å²) >= 11 is 1.57. The SMILES string of the molecule is CC(C)N(CC/C(N)=N/O)C(=O)Cc1cccs1. The Morgan fingerprint density at radius 2 is 2.33 bits per heavy atom. The largest absolute Gasteiger partial charge is 0.409 e. The van der Waals surface area contributed by atoms with Gasteiger partial charge in [-0.25, -0.2) is 0 Å². The highest BCUT2D eigenvalue weighted by molar-refractivity contribution is 7.10. The maximum atomic E-state index is 12.1. The van der Waals surface area contributed by atoms with Crippen LogP contribution in [0.4, 0.5) is 0 Å². The highest BCUT2D eigenvalue weighted by Gasteiger charge is 2.17. The summed E-state index contributed by atoms with van der Waals surface area (Å²) in [6.45, 7) is 4.38. The van der Waals surface area contributed by atoms with Crippen molar-refractivity contribution in [2.45, 2.75) is 32.7 Å². The monoisotopic (exact) mass is 269 g/mol. The molecular formula is C12H19N3O2S. The molecule has 6 heteroatoms. The summed E-state index contributed by atoms with van der Waals surface area (Å²) in [6.07, 6.45) is 0.789. The van der Waals surface area contributed by atoms with Crippen LogP contribution in [0.1, 0.15) is 25.1 Å². The molecule has 1 aromatic rings. The van der Waals surface area contributed by atoms with Crippen molar-refractivity contribution in [3.05, 3.63) is 22.4 Å². The molecule has 0 aromatic carbocycles. The van der Waals surface area contributed by atoms with Crippen molar-refractivity contribution in [1.29, 1.82) is 0 Å². The minimum atomic E-state index is 0.0678. The third-order valence-electron chi connectivity index (χ3n) is 2.59. The maximum absolute atomic E-state index is 12.1. The second-order valence-corrected chi connectivity index (χ2v) is 5.31. The van der Waals surface area contributed by atoms with Crippen LogP contribution in [0.25, 0.3) is 0 Å². The number of thiophene rings is 1. The van der Waals surface area contributed by atoms with Crippen LogP contribution in [0.3, 0.4) is 0 Å². The number of carbonyl (C=O) groups is 1. The van der Waals surface area contributed by atoms with Crippen molar-refractivity contribution in [1.82, 2.24) is 4.90 Å². The van der Waals surface area contributed by atoms with E-state index in [1.807, 2.05) is 31.4 Å². The number of amides is 1. The molecule has 1 amide bonds. The predicted octanol–water partition coefficient (Wildman–Crippen LogP) is 1.66. The molecule has 0 unspecified atom stereocenters. The van der Waals surface area contributed by atoms with E-state index in [0.29, 0.717) is 19.4 Å². The van der Waals surface area contributed by atoms with Gasteiger partial charge in [-0.3, -0.25) is 4.79 Å². The summed E-state index contributed by atoms with van der Waals surface area (Å²) in [5.74, 6) is 0.211. The number of carbonyl (C=O) groups excluding carboxylic acids is 1. The predicted molar refractivity (Wildman–Crippen MR) is 72.9 cm³/mol. The van der Waals surface area contributed by atoms with E-state index in [-0.39, 0.29) is 17.8 Å². The standard InChI is InChI=1S/C12H19N3O2S/c1-9(2)15(6-5-11(13)14-17)12(16)8-10-4-3-7-18-10/h3-4,7,9,17H,5-6,8H2,1-2H3,(H2,13,14). The fourth-order valence-electron chi connectivity index (χ4n) is 1.62. The third kappa shape index (κ3) is 4.37. The van der Waals surface area contributed by atoms with Gasteiger partial charge in [0.1, 0.15) is 5.84 Å². The lowest BCUT2D eigenvalue weighted by Crippen LogP contribution is -2.40. The molecule has 0 saturated carbocycles. The lowest BCUT2D eigenvalue weighted by molar-refractivity contribution is -0.132. The molecule has 1 aromatic heterocycles. The smallest absolute Gasteiger partial charge is 0.228 e. The summed E-state index contributed by atoms with van der Waals surface area (Å²) in [5.41, 5.74) is 5.42. The van der Waals surface area contributed by atoms with Crippen LogP contribution in [0, 0.1) is 0 Å². The molecule has 0 fully saturated rings. The molecule has 5 nitrogen and oxygen atoms in total. The van der Waals surface area contributed by atoms with Crippen molar-refractivity contribution in [3.8, 4) is 0 Å². The number of oxime groups is 1. The fourth-order valence-corrected chi connectivity index (χ4v) is 2.32. The number of nitrogens with zero attached hydrogens (tertiary/aromatic N) is 2. The zero-order valence-electron chi connectivity index (χ0n) is 10.7. The minimum Gasteiger partial charge on any atom is -0.409 e. The van der Waals surface area contributed by atoms with Gasteiger partial charge in [0.25, 0.3) is 0 Å². The first-order valence-corrected chi connectivity index (χ1v) is 6.70. The Balaban J connectivity index is 2.58. The van der Waals surface area contributed by atoms with Crippen LogP contribution >= 0.6 is 11.3 Å². The third-order valence-corrected chi connectivity index (χ3v) is 3.46. The van der Waals surface area contributed by atoms with Crippen LogP contribution in [-0.2, 0) is 11.2 Å². The summed E-state index contributed by atoms with van der Waals surface area (Å²) < 4.78 is 0. The highest BCUT2D eigenvalue weighted by atomic mass is 32.1. The van der Waals surface area contributed by atoms with Crippen molar-refractivity contribution in [2.75, 3.05) is 6.54 Å². The van der Waals surface area contributed by atoms with E-state index < -0.39 is 0 Å². The molecule has 0 bridgehead atoms. The van der Waals surface area contributed by atoms with Gasteiger partial charge in [-0.2, -0.15) is 0 Å². The first-order valence-electron chi connectivity index (χ1n) is 5.82. The van der Waals surface area contributed by atoms with Crippen molar-refractivity contribution in [3.63, 3.8) is 0 Å². The number of rotatable bonds is 6. The van der Waals surface area contributed by atoms with Crippen molar-refractivity contribution < 1.29 is 10.0 Å². The van der Waals surface area contributed by atoms with Gasteiger partial charge < -0.3 is 15.8 Å². The van der Waals surface area contributed by atoms with Gasteiger partial charge in [-0.15, -0.1) is 11.3 Å². The number of hydrogen-bond donors (Lipinski definition) is 2. The number of hydrogen-bond acceptors (Lipinski definition) is 4. The van der Waals surface area contributed by atoms with Gasteiger partial charge in [0.15, 0.2) is 0 Å². The fraction of sp³-hybridized carbons (Fsp3) is 0.500. The molecule has 1 rings (SSSR count). The molecule has 100 valence electrons. The molecule has 0 saturated heterocycles. The summed E-state index contributed by atoms with van der Waals surface area (Å²) in [5, 5.41) is 13.4. The summed E-state index contributed by atoms with van der Waals surface area (Å²) in [7, 11) is 0. The molecule has 3 N–H and O–H groups in total. The highest BCUT2D eigenvalue weighted by Crippen LogP contribution is 2.12. The first kappa shape index (κ1) is 14.5. The molecule has 0 aliphatic carbocycles. The van der Waals surface area contributed by atoms with Crippen molar-refractivity contribution in [2.24, 2.45) is 10.9 Å². The van der Waals surface area contributed by atoms with Crippen molar-refractivity contribution >= 4 is 23.1 Å². The van der Waals surface area contributed by atoms with E-state index in [1.54, 1.807) is 16.2 Å². The van der Waals surface area contributed by atoms with Gasteiger partial charge >= 0.3 is 0 Å². The number of nitrogens with two attached hydrogens (primary N) is 1.